The summed E-state index contributed by atoms with van der Waals surface area (Å²) in [5, 5.41) is 6.08. The topological polar surface area (TPSA) is 63.2 Å². The smallest absolute Gasteiger partial charge is 0.252 e. The van der Waals surface area contributed by atoms with E-state index in [4.69, 9.17) is 4.74 Å². The number of hydrogen-bond donors (Lipinski definition) is 2. The van der Waals surface area contributed by atoms with Crippen molar-refractivity contribution in [1.82, 2.24) is 10.3 Å². The van der Waals surface area contributed by atoms with E-state index < -0.39 is 0 Å². The number of rotatable bonds is 8. The fourth-order valence-electron chi connectivity index (χ4n) is 2.67. The van der Waals surface area contributed by atoms with Crippen molar-refractivity contribution >= 4 is 17.3 Å². The van der Waals surface area contributed by atoms with Crippen LogP contribution >= 0.6 is 0 Å². The summed E-state index contributed by atoms with van der Waals surface area (Å²) < 4.78 is 18.3. The Labute approximate surface area is 163 Å². The van der Waals surface area contributed by atoms with Crippen LogP contribution in [0.1, 0.15) is 22.8 Å². The third-order valence-corrected chi connectivity index (χ3v) is 4.07. The molecule has 1 heterocycles. The first-order valence-electron chi connectivity index (χ1n) is 9.11. The molecule has 0 radical (unpaired) electrons. The number of carbonyl (C=O) groups is 1. The molecule has 1 amide bonds. The number of anilines is 2. The molecule has 0 saturated carbocycles. The first-order valence-corrected chi connectivity index (χ1v) is 9.11. The van der Waals surface area contributed by atoms with E-state index in [1.165, 1.54) is 18.3 Å². The normalized spacial score (nSPS) is 10.4. The van der Waals surface area contributed by atoms with E-state index in [1.54, 1.807) is 24.4 Å². The SMILES string of the molecule is CCOc1ccc(Nc2cncc(C(=O)NCCc3ccc(F)cc3)c2)cc1. The molecule has 6 heteroatoms. The largest absolute Gasteiger partial charge is 0.494 e. The zero-order chi connectivity index (χ0) is 19.8. The summed E-state index contributed by atoms with van der Waals surface area (Å²) in [6.45, 7) is 3.02. The molecular weight excluding hydrogens is 357 g/mol. The van der Waals surface area contributed by atoms with E-state index in [0.29, 0.717) is 25.1 Å². The molecule has 0 saturated heterocycles. The Morgan fingerprint density at radius 3 is 2.50 bits per heavy atom. The molecule has 0 atom stereocenters. The van der Waals surface area contributed by atoms with Crippen LogP contribution in [0.4, 0.5) is 15.8 Å². The summed E-state index contributed by atoms with van der Waals surface area (Å²) in [4.78, 5) is 16.5. The Kier molecular flexibility index (Phi) is 6.57. The van der Waals surface area contributed by atoms with Gasteiger partial charge in [-0.3, -0.25) is 9.78 Å². The highest BCUT2D eigenvalue weighted by atomic mass is 19.1. The van der Waals surface area contributed by atoms with Gasteiger partial charge in [-0.2, -0.15) is 0 Å². The van der Waals surface area contributed by atoms with Gasteiger partial charge in [0.2, 0.25) is 0 Å². The summed E-state index contributed by atoms with van der Waals surface area (Å²) in [6, 6.07) is 15.6. The number of benzene rings is 2. The predicted octanol–water partition coefficient (Wildman–Crippen LogP) is 4.34. The highest BCUT2D eigenvalue weighted by Crippen LogP contribution is 2.20. The molecule has 2 N–H and O–H groups in total. The van der Waals surface area contributed by atoms with Crippen LogP contribution in [-0.2, 0) is 6.42 Å². The quantitative estimate of drug-likeness (QED) is 0.611. The van der Waals surface area contributed by atoms with Crippen molar-refractivity contribution < 1.29 is 13.9 Å². The van der Waals surface area contributed by atoms with Crippen LogP contribution in [0.5, 0.6) is 5.75 Å². The lowest BCUT2D eigenvalue weighted by molar-refractivity contribution is 0.0954. The monoisotopic (exact) mass is 379 g/mol. The highest BCUT2D eigenvalue weighted by Gasteiger charge is 2.07. The van der Waals surface area contributed by atoms with Crippen LogP contribution in [0.25, 0.3) is 0 Å². The fraction of sp³-hybridized carbons (Fsp3) is 0.182. The van der Waals surface area contributed by atoms with Gasteiger partial charge in [-0.1, -0.05) is 12.1 Å². The van der Waals surface area contributed by atoms with E-state index in [0.717, 1.165) is 22.7 Å². The molecule has 3 aromatic rings. The minimum Gasteiger partial charge on any atom is -0.494 e. The summed E-state index contributed by atoms with van der Waals surface area (Å²) in [5.41, 5.74) is 3.02. The molecule has 1 aromatic heterocycles. The summed E-state index contributed by atoms with van der Waals surface area (Å²) >= 11 is 0. The lowest BCUT2D eigenvalue weighted by atomic mass is 10.1. The minimum absolute atomic E-state index is 0.204. The maximum Gasteiger partial charge on any atom is 0.252 e. The first-order chi connectivity index (χ1) is 13.6. The minimum atomic E-state index is -0.268. The average molecular weight is 379 g/mol. The number of ether oxygens (including phenoxy) is 1. The van der Waals surface area contributed by atoms with Crippen LogP contribution < -0.4 is 15.4 Å². The Morgan fingerprint density at radius 2 is 1.79 bits per heavy atom. The Bertz CT molecular complexity index is 912. The zero-order valence-electron chi connectivity index (χ0n) is 15.6. The Balaban J connectivity index is 1.55. The molecular formula is C22H22FN3O2. The van der Waals surface area contributed by atoms with Gasteiger partial charge in [-0.05, 0) is 61.4 Å². The third kappa shape index (κ3) is 5.54. The van der Waals surface area contributed by atoms with Gasteiger partial charge in [0.15, 0.2) is 0 Å². The first kappa shape index (κ1) is 19.4. The molecule has 0 unspecified atom stereocenters. The lowest BCUT2D eigenvalue weighted by Gasteiger charge is -2.10. The van der Waals surface area contributed by atoms with Gasteiger partial charge in [-0.25, -0.2) is 4.39 Å². The summed E-state index contributed by atoms with van der Waals surface area (Å²) in [5.74, 6) is 0.334. The lowest BCUT2D eigenvalue weighted by Crippen LogP contribution is -2.25. The molecule has 0 fully saturated rings. The van der Waals surface area contributed by atoms with Crippen LogP contribution in [0.2, 0.25) is 0 Å². The number of hydrogen-bond acceptors (Lipinski definition) is 4. The van der Waals surface area contributed by atoms with Crippen LogP contribution in [0.15, 0.2) is 67.0 Å². The molecule has 0 spiro atoms. The van der Waals surface area contributed by atoms with Crippen molar-refractivity contribution in [3.63, 3.8) is 0 Å². The van der Waals surface area contributed by atoms with Crippen molar-refractivity contribution in [2.24, 2.45) is 0 Å². The number of nitrogens with one attached hydrogen (secondary N) is 2. The van der Waals surface area contributed by atoms with Crippen molar-refractivity contribution in [2.75, 3.05) is 18.5 Å². The van der Waals surface area contributed by atoms with E-state index in [9.17, 15) is 9.18 Å². The second-order valence-electron chi connectivity index (χ2n) is 6.18. The number of halogens is 1. The van der Waals surface area contributed by atoms with E-state index in [1.807, 2.05) is 31.2 Å². The second-order valence-corrected chi connectivity index (χ2v) is 6.18. The molecule has 0 aliphatic rings. The van der Waals surface area contributed by atoms with Gasteiger partial charge < -0.3 is 15.4 Å². The number of nitrogens with zero attached hydrogens (tertiary/aromatic N) is 1. The Morgan fingerprint density at radius 1 is 1.04 bits per heavy atom. The molecule has 5 nitrogen and oxygen atoms in total. The third-order valence-electron chi connectivity index (χ3n) is 4.07. The molecule has 28 heavy (non-hydrogen) atoms. The number of amides is 1. The van der Waals surface area contributed by atoms with E-state index in [2.05, 4.69) is 15.6 Å². The molecule has 0 aliphatic heterocycles. The molecule has 0 bridgehead atoms. The highest BCUT2D eigenvalue weighted by molar-refractivity contribution is 5.94. The maximum absolute atomic E-state index is 12.9. The second kappa shape index (κ2) is 9.50. The van der Waals surface area contributed by atoms with Gasteiger partial charge in [0.25, 0.3) is 5.91 Å². The molecule has 3 rings (SSSR count). The number of carbonyl (C=O) groups excluding carboxylic acids is 1. The Hall–Kier alpha value is -3.41. The fourth-order valence-corrected chi connectivity index (χ4v) is 2.67. The number of aromatic nitrogens is 1. The van der Waals surface area contributed by atoms with Gasteiger partial charge in [-0.15, -0.1) is 0 Å². The van der Waals surface area contributed by atoms with E-state index >= 15 is 0 Å². The maximum atomic E-state index is 12.9. The standard InChI is InChI=1S/C22H22FN3O2/c1-2-28-21-9-7-19(8-10-21)26-20-13-17(14-24-15-20)22(27)25-12-11-16-3-5-18(23)6-4-16/h3-10,13-15,26H,2,11-12H2,1H3,(H,25,27). The van der Waals surface area contributed by atoms with Gasteiger partial charge in [0.1, 0.15) is 11.6 Å². The van der Waals surface area contributed by atoms with Crippen molar-refractivity contribution in [2.45, 2.75) is 13.3 Å². The zero-order valence-corrected chi connectivity index (χ0v) is 15.6. The van der Waals surface area contributed by atoms with Gasteiger partial charge >= 0.3 is 0 Å². The summed E-state index contributed by atoms with van der Waals surface area (Å²) in [6.07, 6.45) is 3.81. The van der Waals surface area contributed by atoms with Crippen LogP contribution in [0, 0.1) is 5.82 Å². The van der Waals surface area contributed by atoms with Gasteiger partial charge in [0, 0.05) is 18.4 Å². The van der Waals surface area contributed by atoms with Gasteiger partial charge in [0.05, 0.1) is 24.1 Å². The molecule has 0 aliphatic carbocycles. The molecule has 144 valence electrons. The van der Waals surface area contributed by atoms with Crippen molar-refractivity contribution in [1.29, 1.82) is 0 Å². The van der Waals surface area contributed by atoms with Crippen molar-refractivity contribution in [3.8, 4) is 5.75 Å². The average Bonchev–Trinajstić information content (AvgIpc) is 2.71. The van der Waals surface area contributed by atoms with Crippen molar-refractivity contribution in [3.05, 3.63) is 83.9 Å². The predicted molar refractivity (Wildman–Crippen MR) is 108 cm³/mol. The van der Waals surface area contributed by atoms with E-state index in [-0.39, 0.29) is 11.7 Å². The summed E-state index contributed by atoms with van der Waals surface area (Å²) in [7, 11) is 0. The molecule has 2 aromatic carbocycles. The number of pyridine rings is 1. The van der Waals surface area contributed by atoms with Crippen LogP contribution in [0.3, 0.4) is 0 Å². The van der Waals surface area contributed by atoms with Crippen LogP contribution in [-0.4, -0.2) is 24.0 Å².